The molecule has 1 aromatic carbocycles. The summed E-state index contributed by atoms with van der Waals surface area (Å²) in [6.07, 6.45) is -0.319. The van der Waals surface area contributed by atoms with Crippen molar-refractivity contribution in [1.82, 2.24) is 9.97 Å². The fourth-order valence-corrected chi connectivity index (χ4v) is 2.86. The molecule has 110 valence electrons. The molecule has 1 aliphatic rings. The van der Waals surface area contributed by atoms with E-state index in [2.05, 4.69) is 9.97 Å². The van der Waals surface area contributed by atoms with Gasteiger partial charge >= 0.3 is 0 Å². The number of rotatable bonds is 2. The SMILES string of the molecule is Cc1cccc(-c2c(Cl)nc(C3COCCO3)nc2Cl)c1. The molecule has 0 saturated carbocycles. The number of nitrogens with zero attached hydrogens (tertiary/aromatic N) is 2. The third-order valence-electron chi connectivity index (χ3n) is 3.25. The third kappa shape index (κ3) is 3.19. The lowest BCUT2D eigenvalue weighted by atomic mass is 10.1. The van der Waals surface area contributed by atoms with Crippen molar-refractivity contribution in [3.8, 4) is 11.1 Å². The minimum absolute atomic E-state index is 0.319. The van der Waals surface area contributed by atoms with Gasteiger partial charge < -0.3 is 9.47 Å². The van der Waals surface area contributed by atoms with Gasteiger partial charge in [0.2, 0.25) is 0 Å². The first-order chi connectivity index (χ1) is 10.1. The fraction of sp³-hybridized carbons (Fsp3) is 0.333. The highest BCUT2D eigenvalue weighted by Crippen LogP contribution is 2.34. The molecule has 2 heterocycles. The Hall–Kier alpha value is -1.20. The van der Waals surface area contributed by atoms with Gasteiger partial charge in [-0.3, -0.25) is 0 Å². The van der Waals surface area contributed by atoms with Crippen LogP contribution in [0.3, 0.4) is 0 Å². The monoisotopic (exact) mass is 324 g/mol. The molecule has 0 radical (unpaired) electrons. The van der Waals surface area contributed by atoms with Gasteiger partial charge in [0.15, 0.2) is 5.82 Å². The Morgan fingerprint density at radius 1 is 1.14 bits per heavy atom. The van der Waals surface area contributed by atoms with Gasteiger partial charge in [0.05, 0.1) is 25.4 Å². The van der Waals surface area contributed by atoms with Gasteiger partial charge in [-0.15, -0.1) is 0 Å². The molecule has 0 aliphatic carbocycles. The summed E-state index contributed by atoms with van der Waals surface area (Å²) in [4.78, 5) is 8.66. The third-order valence-corrected chi connectivity index (χ3v) is 3.80. The van der Waals surface area contributed by atoms with Crippen LogP contribution in [0.15, 0.2) is 24.3 Å². The Morgan fingerprint density at radius 3 is 2.52 bits per heavy atom. The first kappa shape index (κ1) is 14.7. The standard InChI is InChI=1S/C15H14Cl2N2O2/c1-9-3-2-4-10(7-9)12-13(16)18-15(19-14(12)17)11-8-20-5-6-21-11/h2-4,7,11H,5-6,8H2,1H3. The molecule has 1 aliphatic heterocycles. The molecule has 0 N–H and O–H groups in total. The smallest absolute Gasteiger partial charge is 0.162 e. The topological polar surface area (TPSA) is 44.2 Å². The highest BCUT2D eigenvalue weighted by Gasteiger charge is 2.23. The van der Waals surface area contributed by atoms with Crippen molar-refractivity contribution in [2.24, 2.45) is 0 Å². The first-order valence-electron chi connectivity index (χ1n) is 6.64. The van der Waals surface area contributed by atoms with Crippen molar-refractivity contribution < 1.29 is 9.47 Å². The largest absolute Gasteiger partial charge is 0.376 e. The van der Waals surface area contributed by atoms with E-state index in [4.69, 9.17) is 32.7 Å². The van der Waals surface area contributed by atoms with Crippen LogP contribution in [-0.4, -0.2) is 29.8 Å². The number of aromatic nitrogens is 2. The second-order valence-electron chi connectivity index (χ2n) is 4.84. The maximum absolute atomic E-state index is 6.31. The van der Waals surface area contributed by atoms with E-state index in [0.717, 1.165) is 11.1 Å². The van der Waals surface area contributed by atoms with E-state index in [0.29, 0.717) is 41.5 Å². The average Bonchev–Trinajstić information content (AvgIpc) is 2.47. The molecule has 1 unspecified atom stereocenters. The Labute approximate surface area is 133 Å². The number of halogens is 2. The lowest BCUT2D eigenvalue weighted by molar-refractivity contribution is -0.0935. The van der Waals surface area contributed by atoms with Crippen molar-refractivity contribution >= 4 is 23.2 Å². The molecule has 0 spiro atoms. The summed E-state index contributed by atoms with van der Waals surface area (Å²) in [7, 11) is 0. The molecule has 4 nitrogen and oxygen atoms in total. The molecule has 1 saturated heterocycles. The molecule has 0 bridgehead atoms. The Morgan fingerprint density at radius 2 is 1.90 bits per heavy atom. The number of benzene rings is 1. The van der Waals surface area contributed by atoms with Gasteiger partial charge in [-0.2, -0.15) is 0 Å². The van der Waals surface area contributed by atoms with Gasteiger partial charge in [0.25, 0.3) is 0 Å². The number of hydrogen-bond acceptors (Lipinski definition) is 4. The van der Waals surface area contributed by atoms with E-state index in [9.17, 15) is 0 Å². The van der Waals surface area contributed by atoms with Crippen LogP contribution in [-0.2, 0) is 9.47 Å². The van der Waals surface area contributed by atoms with Crippen molar-refractivity contribution in [1.29, 1.82) is 0 Å². The van der Waals surface area contributed by atoms with Crippen LogP contribution in [0, 0.1) is 6.92 Å². The summed E-state index contributed by atoms with van der Waals surface area (Å²) in [5.41, 5.74) is 2.66. The maximum Gasteiger partial charge on any atom is 0.162 e. The van der Waals surface area contributed by atoms with Crippen molar-refractivity contribution in [3.05, 3.63) is 46.0 Å². The zero-order valence-electron chi connectivity index (χ0n) is 11.5. The molecule has 1 atom stereocenters. The van der Waals surface area contributed by atoms with E-state index in [1.165, 1.54) is 0 Å². The molecule has 1 aromatic heterocycles. The summed E-state index contributed by atoms with van der Waals surface area (Å²) < 4.78 is 10.9. The fourth-order valence-electron chi connectivity index (χ4n) is 2.24. The predicted molar refractivity (Wildman–Crippen MR) is 81.7 cm³/mol. The molecule has 3 rings (SSSR count). The van der Waals surface area contributed by atoms with E-state index in [1.807, 2.05) is 31.2 Å². The zero-order valence-corrected chi connectivity index (χ0v) is 13.0. The summed E-state index contributed by atoms with van der Waals surface area (Å²) >= 11 is 12.6. The van der Waals surface area contributed by atoms with Crippen LogP contribution in [0.25, 0.3) is 11.1 Å². The van der Waals surface area contributed by atoms with E-state index in [1.54, 1.807) is 0 Å². The summed E-state index contributed by atoms with van der Waals surface area (Å²) in [5.74, 6) is 0.459. The van der Waals surface area contributed by atoms with Crippen LogP contribution in [0.4, 0.5) is 0 Å². The van der Waals surface area contributed by atoms with E-state index < -0.39 is 0 Å². The predicted octanol–water partition coefficient (Wildman–Crippen LogP) is 3.85. The van der Waals surface area contributed by atoms with Crippen LogP contribution in [0.5, 0.6) is 0 Å². The van der Waals surface area contributed by atoms with Crippen molar-refractivity contribution in [3.63, 3.8) is 0 Å². The zero-order chi connectivity index (χ0) is 14.8. The Kier molecular flexibility index (Phi) is 4.40. The van der Waals surface area contributed by atoms with Gasteiger partial charge in [0.1, 0.15) is 16.4 Å². The summed E-state index contributed by atoms with van der Waals surface area (Å²) in [6, 6.07) is 7.89. The second kappa shape index (κ2) is 6.28. The van der Waals surface area contributed by atoms with Gasteiger partial charge in [-0.05, 0) is 12.5 Å². The average molecular weight is 325 g/mol. The highest BCUT2D eigenvalue weighted by molar-refractivity contribution is 6.37. The molecule has 21 heavy (non-hydrogen) atoms. The number of aryl methyl sites for hydroxylation is 1. The Balaban J connectivity index is 2.00. The maximum atomic E-state index is 6.31. The summed E-state index contributed by atoms with van der Waals surface area (Å²) in [5, 5.41) is 0.648. The molecular weight excluding hydrogens is 311 g/mol. The first-order valence-corrected chi connectivity index (χ1v) is 7.40. The van der Waals surface area contributed by atoms with E-state index in [-0.39, 0.29) is 6.10 Å². The lowest BCUT2D eigenvalue weighted by Gasteiger charge is -2.22. The van der Waals surface area contributed by atoms with Crippen LogP contribution in [0.1, 0.15) is 17.5 Å². The Bertz CT molecular complexity index is 635. The minimum atomic E-state index is -0.319. The second-order valence-corrected chi connectivity index (χ2v) is 5.56. The van der Waals surface area contributed by atoms with Crippen molar-refractivity contribution in [2.45, 2.75) is 13.0 Å². The van der Waals surface area contributed by atoms with Crippen molar-refractivity contribution in [2.75, 3.05) is 19.8 Å². The number of ether oxygens (including phenoxy) is 2. The van der Waals surface area contributed by atoms with Gasteiger partial charge in [-0.1, -0.05) is 53.0 Å². The minimum Gasteiger partial charge on any atom is -0.376 e. The van der Waals surface area contributed by atoms with Gasteiger partial charge in [0, 0.05) is 0 Å². The van der Waals surface area contributed by atoms with Crippen LogP contribution >= 0.6 is 23.2 Å². The molecule has 6 heteroatoms. The molecule has 2 aromatic rings. The molecule has 1 fully saturated rings. The molecular formula is C15H14Cl2N2O2. The lowest BCUT2D eigenvalue weighted by Crippen LogP contribution is -2.23. The van der Waals surface area contributed by atoms with Crippen LogP contribution < -0.4 is 0 Å². The van der Waals surface area contributed by atoms with Crippen LogP contribution in [0.2, 0.25) is 10.3 Å². The number of hydrogen-bond donors (Lipinski definition) is 0. The summed E-state index contributed by atoms with van der Waals surface area (Å²) in [6.45, 7) is 3.52. The highest BCUT2D eigenvalue weighted by atomic mass is 35.5. The quantitative estimate of drug-likeness (QED) is 0.787. The van der Waals surface area contributed by atoms with Gasteiger partial charge in [-0.25, -0.2) is 9.97 Å². The normalized spacial score (nSPS) is 18.7. The van der Waals surface area contributed by atoms with E-state index >= 15 is 0 Å². The molecule has 0 amide bonds.